The summed E-state index contributed by atoms with van der Waals surface area (Å²) >= 11 is 0. The van der Waals surface area contributed by atoms with Gasteiger partial charge in [0.15, 0.2) is 0 Å². The molecule has 8 nitrogen and oxygen atoms in total. The van der Waals surface area contributed by atoms with E-state index in [0.29, 0.717) is 18.8 Å². The lowest BCUT2D eigenvalue weighted by atomic mass is 9.98. The summed E-state index contributed by atoms with van der Waals surface area (Å²) in [6.07, 6.45) is 6.61. The third kappa shape index (κ3) is 5.06. The molecule has 2 aromatic heterocycles. The molecule has 0 radical (unpaired) electrons. The number of carbonyl (C=O) groups is 1. The number of aromatic amines is 1. The summed E-state index contributed by atoms with van der Waals surface area (Å²) < 4.78 is 3.04. The fourth-order valence-corrected chi connectivity index (χ4v) is 4.06. The first-order chi connectivity index (χ1) is 16.6. The molecular weight excluding hydrogens is 428 g/mol. The molecule has 2 aromatic carbocycles. The van der Waals surface area contributed by atoms with E-state index in [4.69, 9.17) is 0 Å². The number of hydrogen-bond donors (Lipinski definition) is 1. The van der Waals surface area contributed by atoms with Crippen LogP contribution in [0.4, 0.5) is 0 Å². The zero-order chi connectivity index (χ0) is 23.9. The molecule has 0 saturated heterocycles. The van der Waals surface area contributed by atoms with Crippen LogP contribution in [-0.4, -0.2) is 35.7 Å². The van der Waals surface area contributed by atoms with Crippen molar-refractivity contribution in [1.29, 1.82) is 0 Å². The van der Waals surface area contributed by atoms with Gasteiger partial charge in [-0.05, 0) is 41.2 Å². The van der Waals surface area contributed by atoms with Gasteiger partial charge in [0, 0.05) is 23.9 Å². The summed E-state index contributed by atoms with van der Waals surface area (Å²) in [7, 11) is 0. The standard InChI is InChI=1S/C26H30N6O2/c1-3-5-9-21-18-32(24(33)12-6-4-2)26(34)31(21)17-19-13-15-20(16-14-19)22-10-7-8-11-23(22)25-27-29-30-28-25/h7-8,10-11,13-16,18H,3-6,9,12,17H2,1-2H3,(H,27,28,29,30). The first-order valence-electron chi connectivity index (χ1n) is 11.9. The van der Waals surface area contributed by atoms with Crippen molar-refractivity contribution in [2.45, 2.75) is 58.9 Å². The number of imidazole rings is 1. The van der Waals surface area contributed by atoms with Gasteiger partial charge in [-0.25, -0.2) is 9.36 Å². The lowest BCUT2D eigenvalue weighted by Crippen LogP contribution is -2.29. The number of benzene rings is 2. The molecule has 0 unspecified atom stereocenters. The molecule has 0 saturated carbocycles. The Morgan fingerprint density at radius 1 is 0.971 bits per heavy atom. The molecule has 4 rings (SSSR count). The smallest absolute Gasteiger partial charge is 0.292 e. The lowest BCUT2D eigenvalue weighted by molar-refractivity contribution is 0.0894. The maximum atomic E-state index is 13.1. The Labute approximate surface area is 198 Å². The van der Waals surface area contributed by atoms with E-state index in [9.17, 15) is 9.59 Å². The normalized spacial score (nSPS) is 11.1. The number of unbranched alkanes of at least 4 members (excludes halogenated alkanes) is 2. The first kappa shape index (κ1) is 23.4. The molecular formula is C26H30N6O2. The number of aryl methyl sites for hydroxylation is 1. The van der Waals surface area contributed by atoms with Crippen LogP contribution < -0.4 is 5.69 Å². The maximum absolute atomic E-state index is 13.1. The number of nitrogens with one attached hydrogen (secondary N) is 1. The predicted molar refractivity (Wildman–Crippen MR) is 132 cm³/mol. The zero-order valence-electron chi connectivity index (χ0n) is 19.7. The van der Waals surface area contributed by atoms with E-state index in [1.807, 2.05) is 55.5 Å². The Kier molecular flexibility index (Phi) is 7.47. The van der Waals surface area contributed by atoms with E-state index in [1.165, 1.54) is 4.57 Å². The highest BCUT2D eigenvalue weighted by molar-refractivity contribution is 5.80. The van der Waals surface area contributed by atoms with E-state index in [0.717, 1.165) is 60.1 Å². The maximum Gasteiger partial charge on any atom is 0.335 e. The van der Waals surface area contributed by atoms with Gasteiger partial charge in [-0.2, -0.15) is 5.21 Å². The molecule has 176 valence electrons. The summed E-state index contributed by atoms with van der Waals surface area (Å²) in [5.74, 6) is 0.414. The molecule has 4 aromatic rings. The van der Waals surface area contributed by atoms with Gasteiger partial charge in [0.05, 0.1) is 6.54 Å². The van der Waals surface area contributed by atoms with Gasteiger partial charge in [0.2, 0.25) is 11.7 Å². The summed E-state index contributed by atoms with van der Waals surface area (Å²) in [6, 6.07) is 16.0. The number of nitrogens with zero attached hydrogens (tertiary/aromatic N) is 5. The van der Waals surface area contributed by atoms with Crippen LogP contribution in [0.1, 0.15) is 62.0 Å². The number of hydrogen-bond acceptors (Lipinski definition) is 5. The van der Waals surface area contributed by atoms with Crippen molar-refractivity contribution >= 4 is 5.91 Å². The second-order valence-electron chi connectivity index (χ2n) is 8.44. The van der Waals surface area contributed by atoms with E-state index in [1.54, 1.807) is 10.8 Å². The van der Waals surface area contributed by atoms with Crippen LogP contribution in [0.3, 0.4) is 0 Å². The SMILES string of the molecule is CCCCC(=O)n1cc(CCCC)n(Cc2ccc(-c3ccccc3-c3nn[nH]n3)cc2)c1=O. The average molecular weight is 459 g/mol. The third-order valence-electron chi connectivity index (χ3n) is 5.98. The summed E-state index contributed by atoms with van der Waals surface area (Å²) in [6.45, 7) is 4.59. The molecule has 0 amide bonds. The zero-order valence-corrected chi connectivity index (χ0v) is 19.7. The van der Waals surface area contributed by atoms with Gasteiger partial charge in [-0.3, -0.25) is 9.36 Å². The van der Waals surface area contributed by atoms with Crippen LogP contribution >= 0.6 is 0 Å². The average Bonchev–Trinajstić information content (AvgIpc) is 3.51. The fraction of sp³-hybridized carbons (Fsp3) is 0.346. The monoisotopic (exact) mass is 458 g/mol. The van der Waals surface area contributed by atoms with Gasteiger partial charge in [-0.15, -0.1) is 10.2 Å². The second kappa shape index (κ2) is 10.9. The van der Waals surface area contributed by atoms with Crippen molar-refractivity contribution in [2.24, 2.45) is 0 Å². The van der Waals surface area contributed by atoms with Crippen LogP contribution in [-0.2, 0) is 13.0 Å². The van der Waals surface area contributed by atoms with Crippen molar-refractivity contribution in [2.75, 3.05) is 0 Å². The first-order valence-corrected chi connectivity index (χ1v) is 11.9. The fourth-order valence-electron chi connectivity index (χ4n) is 4.06. The number of rotatable bonds is 10. The lowest BCUT2D eigenvalue weighted by Gasteiger charge is -2.10. The van der Waals surface area contributed by atoms with Crippen molar-refractivity contribution in [1.82, 2.24) is 29.8 Å². The Bertz CT molecular complexity index is 1290. The van der Waals surface area contributed by atoms with E-state index in [-0.39, 0.29) is 11.6 Å². The molecule has 0 bridgehead atoms. The molecule has 0 aliphatic carbocycles. The van der Waals surface area contributed by atoms with Crippen LogP contribution in [0.25, 0.3) is 22.5 Å². The van der Waals surface area contributed by atoms with Gasteiger partial charge in [-0.1, -0.05) is 75.2 Å². The molecule has 0 fully saturated rings. The van der Waals surface area contributed by atoms with Gasteiger partial charge >= 0.3 is 5.69 Å². The quantitative estimate of drug-likeness (QED) is 0.371. The molecule has 2 heterocycles. The topological polar surface area (TPSA) is 98.5 Å². The second-order valence-corrected chi connectivity index (χ2v) is 8.44. The van der Waals surface area contributed by atoms with Gasteiger partial charge in [0.1, 0.15) is 0 Å². The number of H-pyrrole nitrogens is 1. The highest BCUT2D eigenvalue weighted by Crippen LogP contribution is 2.29. The Morgan fingerprint density at radius 2 is 1.71 bits per heavy atom. The minimum absolute atomic E-state index is 0.128. The van der Waals surface area contributed by atoms with Crippen LogP contribution in [0.5, 0.6) is 0 Å². The molecule has 0 atom stereocenters. The van der Waals surface area contributed by atoms with Gasteiger partial charge in [0.25, 0.3) is 0 Å². The summed E-state index contributed by atoms with van der Waals surface area (Å²) in [5.41, 5.74) is 4.57. The van der Waals surface area contributed by atoms with Crippen molar-refractivity contribution < 1.29 is 4.79 Å². The van der Waals surface area contributed by atoms with Crippen molar-refractivity contribution in [3.8, 4) is 22.5 Å². The van der Waals surface area contributed by atoms with E-state index < -0.39 is 0 Å². The largest absolute Gasteiger partial charge is 0.335 e. The molecule has 0 spiro atoms. The molecule has 34 heavy (non-hydrogen) atoms. The van der Waals surface area contributed by atoms with Crippen LogP contribution in [0.15, 0.2) is 59.5 Å². The Morgan fingerprint density at radius 3 is 2.38 bits per heavy atom. The molecule has 8 heteroatoms. The Balaban J connectivity index is 1.61. The molecule has 0 aliphatic heterocycles. The number of tetrazole rings is 1. The minimum Gasteiger partial charge on any atom is -0.292 e. The van der Waals surface area contributed by atoms with Crippen molar-refractivity contribution in [3.05, 3.63) is 76.5 Å². The Hall–Kier alpha value is -3.81. The number of carbonyl (C=O) groups excluding carboxylic acids is 1. The van der Waals surface area contributed by atoms with Crippen LogP contribution in [0.2, 0.25) is 0 Å². The third-order valence-corrected chi connectivity index (χ3v) is 5.98. The van der Waals surface area contributed by atoms with E-state index in [2.05, 4.69) is 27.5 Å². The summed E-state index contributed by atoms with van der Waals surface area (Å²) in [4.78, 5) is 25.7. The summed E-state index contributed by atoms with van der Waals surface area (Å²) in [5, 5.41) is 14.4. The van der Waals surface area contributed by atoms with Crippen LogP contribution in [0, 0.1) is 0 Å². The van der Waals surface area contributed by atoms with Gasteiger partial charge < -0.3 is 0 Å². The van der Waals surface area contributed by atoms with E-state index >= 15 is 0 Å². The predicted octanol–water partition coefficient (Wildman–Crippen LogP) is 4.72. The molecule has 1 N–H and O–H groups in total. The highest BCUT2D eigenvalue weighted by Gasteiger charge is 2.16. The van der Waals surface area contributed by atoms with Crippen molar-refractivity contribution in [3.63, 3.8) is 0 Å². The molecule has 0 aliphatic rings. The highest BCUT2D eigenvalue weighted by atomic mass is 16.2. The minimum atomic E-state index is -0.251. The number of aromatic nitrogens is 6.